The number of hydrogen-bond donors (Lipinski definition) is 1. The molecule has 1 aromatic carbocycles. The molecule has 2 N–H and O–H groups in total. The molecular formula is C19H23Cl2N5O2S. The maximum Gasteiger partial charge on any atom is 0.186 e. The first-order valence-electron chi connectivity index (χ1n) is 9.11. The Hall–Kier alpha value is -1.58. The maximum atomic E-state index is 6.51. The van der Waals surface area contributed by atoms with Crippen molar-refractivity contribution in [2.75, 3.05) is 26.6 Å². The summed E-state index contributed by atoms with van der Waals surface area (Å²) < 4.78 is 12.8. The van der Waals surface area contributed by atoms with Crippen LogP contribution in [0.25, 0.3) is 5.65 Å². The van der Waals surface area contributed by atoms with Crippen molar-refractivity contribution in [1.29, 1.82) is 0 Å². The molecule has 1 atom stereocenters. The number of thioether (sulfide) groups is 1. The van der Waals surface area contributed by atoms with E-state index in [2.05, 4.69) is 15.1 Å². The number of nitrogens with two attached hydrogens (primary N) is 1. The second kappa shape index (κ2) is 10.4. The Bertz CT molecular complexity index is 969. The van der Waals surface area contributed by atoms with Crippen LogP contribution in [0.15, 0.2) is 29.7 Å². The van der Waals surface area contributed by atoms with Crippen molar-refractivity contribution in [3.05, 3.63) is 46.0 Å². The van der Waals surface area contributed by atoms with E-state index >= 15 is 0 Å². The van der Waals surface area contributed by atoms with E-state index in [9.17, 15) is 0 Å². The molecule has 3 aromatic rings. The van der Waals surface area contributed by atoms with Gasteiger partial charge in [-0.1, -0.05) is 23.2 Å². The minimum atomic E-state index is 0.000323. The van der Waals surface area contributed by atoms with Crippen LogP contribution < -0.4 is 10.5 Å². The van der Waals surface area contributed by atoms with Crippen molar-refractivity contribution in [1.82, 2.24) is 19.6 Å². The molecule has 0 bridgehead atoms. The normalized spacial score (nSPS) is 12.4. The fourth-order valence-electron chi connectivity index (χ4n) is 2.99. The summed E-state index contributed by atoms with van der Waals surface area (Å²) in [6.07, 6.45) is 7.34. The smallest absolute Gasteiger partial charge is 0.186 e. The first-order chi connectivity index (χ1) is 14.0. The highest BCUT2D eigenvalue weighted by Gasteiger charge is 2.17. The SMILES string of the molecule is COC[C@H](N)CCCOc1ccc(Cl)c(Cl)c1Cc1cnc2c(SC)ncnn12. The van der Waals surface area contributed by atoms with Gasteiger partial charge in [-0.05, 0) is 31.2 Å². The molecule has 0 saturated carbocycles. The molecule has 0 unspecified atom stereocenters. The lowest BCUT2D eigenvalue weighted by molar-refractivity contribution is 0.172. The maximum absolute atomic E-state index is 6.51. The van der Waals surface area contributed by atoms with Gasteiger partial charge in [0.2, 0.25) is 0 Å². The van der Waals surface area contributed by atoms with Crippen LogP contribution in [-0.2, 0) is 11.2 Å². The standard InChI is InChI=1S/C19H23Cl2N5O2S/c1-27-10-12(22)4-3-7-28-16-6-5-15(20)17(21)14(16)8-13-9-23-18-19(29-2)24-11-25-26(13)18/h5-6,9,11-12H,3-4,7-8,10,22H2,1-2H3/t12-/m1/s1. The second-order valence-corrected chi connectivity index (χ2v) is 8.06. The zero-order chi connectivity index (χ0) is 20.8. The zero-order valence-electron chi connectivity index (χ0n) is 16.3. The quantitative estimate of drug-likeness (QED) is 0.366. The van der Waals surface area contributed by atoms with Gasteiger partial charge in [0.15, 0.2) is 5.65 Å². The molecule has 2 aromatic heterocycles. The van der Waals surface area contributed by atoms with E-state index in [-0.39, 0.29) is 6.04 Å². The lowest BCUT2D eigenvalue weighted by Crippen LogP contribution is -2.25. The van der Waals surface area contributed by atoms with Gasteiger partial charge in [0.05, 0.1) is 35.1 Å². The van der Waals surface area contributed by atoms with E-state index in [4.69, 9.17) is 38.4 Å². The van der Waals surface area contributed by atoms with Crippen LogP contribution in [0.5, 0.6) is 5.75 Å². The number of benzene rings is 1. The van der Waals surface area contributed by atoms with Crippen LogP contribution in [0, 0.1) is 0 Å². The van der Waals surface area contributed by atoms with E-state index in [1.807, 2.05) is 12.3 Å². The summed E-state index contributed by atoms with van der Waals surface area (Å²) in [6.45, 7) is 1.06. The van der Waals surface area contributed by atoms with Crippen LogP contribution >= 0.6 is 35.0 Å². The Morgan fingerprint density at radius 1 is 1.28 bits per heavy atom. The number of rotatable bonds is 10. The molecule has 156 valence electrons. The third-order valence-corrected chi connectivity index (χ3v) is 5.92. The van der Waals surface area contributed by atoms with Gasteiger partial charge in [0.25, 0.3) is 0 Å². The van der Waals surface area contributed by atoms with Crippen molar-refractivity contribution in [3.63, 3.8) is 0 Å². The van der Waals surface area contributed by atoms with E-state index < -0.39 is 0 Å². The molecule has 0 saturated heterocycles. The molecule has 29 heavy (non-hydrogen) atoms. The Morgan fingerprint density at radius 2 is 2.10 bits per heavy atom. The first-order valence-corrected chi connectivity index (χ1v) is 11.1. The predicted molar refractivity (Wildman–Crippen MR) is 116 cm³/mol. The molecule has 0 fully saturated rings. The monoisotopic (exact) mass is 455 g/mol. The number of ether oxygens (including phenoxy) is 2. The Kier molecular flexibility index (Phi) is 7.97. The molecule has 0 aliphatic heterocycles. The molecule has 7 nitrogen and oxygen atoms in total. The molecule has 0 amide bonds. The zero-order valence-corrected chi connectivity index (χ0v) is 18.6. The Morgan fingerprint density at radius 3 is 2.86 bits per heavy atom. The van der Waals surface area contributed by atoms with Crippen molar-refractivity contribution in [2.24, 2.45) is 5.73 Å². The van der Waals surface area contributed by atoms with Crippen LogP contribution in [0.2, 0.25) is 10.0 Å². The third kappa shape index (κ3) is 5.32. The molecule has 2 heterocycles. The number of hydrogen-bond acceptors (Lipinski definition) is 7. The number of nitrogens with zero attached hydrogens (tertiary/aromatic N) is 4. The number of imidazole rings is 1. The van der Waals surface area contributed by atoms with E-state index in [0.717, 1.165) is 29.1 Å². The van der Waals surface area contributed by atoms with Crippen molar-refractivity contribution >= 4 is 40.6 Å². The largest absolute Gasteiger partial charge is 0.493 e. The third-order valence-electron chi connectivity index (χ3n) is 4.40. The predicted octanol–water partition coefficient (Wildman–Crippen LogP) is 3.88. The number of fused-ring (bicyclic) bond motifs is 1. The highest BCUT2D eigenvalue weighted by molar-refractivity contribution is 7.98. The highest BCUT2D eigenvalue weighted by atomic mass is 35.5. The van der Waals surface area contributed by atoms with Crippen molar-refractivity contribution in [2.45, 2.75) is 30.3 Å². The van der Waals surface area contributed by atoms with Gasteiger partial charge in [0.1, 0.15) is 17.1 Å². The van der Waals surface area contributed by atoms with Crippen LogP contribution in [-0.4, -0.2) is 52.2 Å². The average molecular weight is 456 g/mol. The molecule has 0 radical (unpaired) electrons. The van der Waals surface area contributed by atoms with E-state index in [0.29, 0.717) is 41.1 Å². The molecule has 10 heteroatoms. The van der Waals surface area contributed by atoms with Gasteiger partial charge < -0.3 is 15.2 Å². The van der Waals surface area contributed by atoms with Crippen LogP contribution in [0.1, 0.15) is 24.1 Å². The lowest BCUT2D eigenvalue weighted by atomic mass is 10.1. The number of methoxy groups -OCH3 is 1. The van der Waals surface area contributed by atoms with Crippen molar-refractivity contribution < 1.29 is 9.47 Å². The molecular weight excluding hydrogens is 433 g/mol. The van der Waals surface area contributed by atoms with Gasteiger partial charge in [-0.15, -0.1) is 11.8 Å². The minimum Gasteiger partial charge on any atom is -0.493 e. The molecule has 3 rings (SSSR count). The average Bonchev–Trinajstić information content (AvgIpc) is 3.13. The van der Waals surface area contributed by atoms with Crippen molar-refractivity contribution in [3.8, 4) is 5.75 Å². The topological polar surface area (TPSA) is 87.6 Å². The number of halogens is 2. The second-order valence-electron chi connectivity index (χ2n) is 6.48. The van der Waals surface area contributed by atoms with Crippen LogP contribution in [0.4, 0.5) is 0 Å². The summed E-state index contributed by atoms with van der Waals surface area (Å²) >= 11 is 14.3. The highest BCUT2D eigenvalue weighted by Crippen LogP contribution is 2.35. The van der Waals surface area contributed by atoms with Crippen LogP contribution in [0.3, 0.4) is 0 Å². The lowest BCUT2D eigenvalue weighted by Gasteiger charge is -2.15. The van der Waals surface area contributed by atoms with Gasteiger partial charge in [0, 0.05) is 25.1 Å². The fraction of sp³-hybridized carbons (Fsp3) is 0.421. The summed E-state index contributed by atoms with van der Waals surface area (Å²) in [6, 6.07) is 3.58. The van der Waals surface area contributed by atoms with Gasteiger partial charge in [-0.2, -0.15) is 5.10 Å². The molecule has 0 aliphatic rings. The minimum absolute atomic E-state index is 0.000323. The van der Waals surface area contributed by atoms with Gasteiger partial charge in [-0.3, -0.25) is 0 Å². The summed E-state index contributed by atoms with van der Waals surface area (Å²) in [7, 11) is 1.64. The van der Waals surface area contributed by atoms with Gasteiger partial charge in [-0.25, -0.2) is 14.5 Å². The summed E-state index contributed by atoms with van der Waals surface area (Å²) in [4.78, 5) is 8.70. The van der Waals surface area contributed by atoms with E-state index in [1.165, 1.54) is 18.1 Å². The molecule has 0 aliphatic carbocycles. The van der Waals surface area contributed by atoms with E-state index in [1.54, 1.807) is 23.9 Å². The first kappa shape index (κ1) is 22.1. The summed E-state index contributed by atoms with van der Waals surface area (Å²) in [5.74, 6) is 0.689. The summed E-state index contributed by atoms with van der Waals surface area (Å²) in [5, 5.41) is 6.08. The Balaban J connectivity index is 1.79. The Labute approximate surface area is 183 Å². The van der Waals surface area contributed by atoms with Gasteiger partial charge >= 0.3 is 0 Å². The molecule has 0 spiro atoms. The number of aromatic nitrogens is 4. The summed E-state index contributed by atoms with van der Waals surface area (Å²) in [5.41, 5.74) is 8.34. The fourth-order valence-corrected chi connectivity index (χ4v) is 3.86.